The number of carbonyl (C=O) groups excluding carboxylic acids is 1. The molecule has 1 aliphatic rings. The van der Waals surface area contributed by atoms with Crippen LogP contribution in [0.3, 0.4) is 0 Å². The van der Waals surface area contributed by atoms with Gasteiger partial charge in [-0.2, -0.15) is 0 Å². The largest absolute Gasteiger partial charge is 0.465 e. The molecule has 2 atom stereocenters. The third kappa shape index (κ3) is 4.66. The van der Waals surface area contributed by atoms with Crippen LogP contribution in [-0.2, 0) is 9.53 Å². The highest BCUT2D eigenvalue weighted by atomic mass is 19.1. The minimum atomic E-state index is -0.543. The number of likely N-dealkylation sites (N-methyl/N-ethyl adjacent to an activating group) is 1. The molecule has 1 aliphatic heterocycles. The predicted molar refractivity (Wildman–Crippen MR) is 127 cm³/mol. The normalized spacial score (nSPS) is 19.2. The Kier molecular flexibility index (Phi) is 6.81. The van der Waals surface area contributed by atoms with Crippen LogP contribution in [0.15, 0.2) is 84.9 Å². The molecule has 0 saturated heterocycles. The second-order valence-corrected chi connectivity index (χ2v) is 8.11. The van der Waals surface area contributed by atoms with E-state index in [-0.39, 0.29) is 17.7 Å². The van der Waals surface area contributed by atoms with Gasteiger partial charge in [0.25, 0.3) is 0 Å². The van der Waals surface area contributed by atoms with Crippen LogP contribution in [0, 0.1) is 5.82 Å². The van der Waals surface area contributed by atoms with Crippen molar-refractivity contribution in [2.75, 3.05) is 20.2 Å². The van der Waals surface area contributed by atoms with Crippen molar-refractivity contribution >= 4 is 11.5 Å². The van der Waals surface area contributed by atoms with Gasteiger partial charge in [0.05, 0.1) is 6.61 Å². The van der Waals surface area contributed by atoms with E-state index in [1.54, 1.807) is 19.1 Å². The smallest absolute Gasteiger partial charge is 0.327 e. The first-order valence-electron chi connectivity index (χ1n) is 11.1. The maximum Gasteiger partial charge on any atom is 0.327 e. The van der Waals surface area contributed by atoms with Crippen molar-refractivity contribution in [1.29, 1.82) is 0 Å². The van der Waals surface area contributed by atoms with E-state index < -0.39 is 6.04 Å². The van der Waals surface area contributed by atoms with Gasteiger partial charge in [0.15, 0.2) is 0 Å². The molecule has 4 rings (SSSR count). The van der Waals surface area contributed by atoms with Crippen LogP contribution in [0.25, 0.3) is 16.7 Å². The number of hydrogen-bond donors (Lipinski definition) is 0. The van der Waals surface area contributed by atoms with E-state index in [2.05, 4.69) is 36.4 Å². The zero-order valence-electron chi connectivity index (χ0n) is 18.5. The number of halogens is 1. The fraction of sp³-hybridized carbons (Fsp3) is 0.250. The number of hydrogen-bond acceptors (Lipinski definition) is 3. The monoisotopic (exact) mass is 429 g/mol. The molecule has 0 fully saturated rings. The molecule has 3 nitrogen and oxygen atoms in total. The van der Waals surface area contributed by atoms with Gasteiger partial charge in [-0.05, 0) is 55.3 Å². The van der Waals surface area contributed by atoms with Crippen LogP contribution in [0.5, 0.6) is 0 Å². The molecule has 0 aromatic heterocycles. The molecule has 0 bridgehead atoms. The molecule has 3 aromatic carbocycles. The van der Waals surface area contributed by atoms with Crippen molar-refractivity contribution in [2.45, 2.75) is 25.3 Å². The van der Waals surface area contributed by atoms with Crippen molar-refractivity contribution < 1.29 is 13.9 Å². The number of benzene rings is 3. The zero-order valence-corrected chi connectivity index (χ0v) is 18.5. The highest BCUT2D eigenvalue weighted by Crippen LogP contribution is 2.39. The molecular weight excluding hydrogens is 401 g/mol. The Hall–Kier alpha value is -3.24. The summed E-state index contributed by atoms with van der Waals surface area (Å²) in [5.74, 6) is -0.612. The van der Waals surface area contributed by atoms with Crippen LogP contribution < -0.4 is 0 Å². The summed E-state index contributed by atoms with van der Waals surface area (Å²) in [6, 6.07) is 24.9. The Morgan fingerprint density at radius 1 is 0.969 bits per heavy atom. The molecule has 0 amide bonds. The molecular formula is C28H28FNO2. The topological polar surface area (TPSA) is 29.5 Å². The lowest BCUT2D eigenvalue weighted by molar-refractivity contribution is -0.147. The maximum absolute atomic E-state index is 14.9. The summed E-state index contributed by atoms with van der Waals surface area (Å²) in [5, 5.41) is 0. The third-order valence-electron chi connectivity index (χ3n) is 6.09. The molecule has 0 spiro atoms. The van der Waals surface area contributed by atoms with Gasteiger partial charge >= 0.3 is 5.97 Å². The Labute approximate surface area is 189 Å². The molecule has 164 valence electrons. The highest BCUT2D eigenvalue weighted by molar-refractivity contribution is 5.83. The molecule has 4 heteroatoms. The van der Waals surface area contributed by atoms with Crippen LogP contribution in [0.1, 0.15) is 30.4 Å². The van der Waals surface area contributed by atoms with Gasteiger partial charge in [-0.25, -0.2) is 4.39 Å². The Bertz CT molecular complexity index is 1090. The summed E-state index contributed by atoms with van der Waals surface area (Å²) in [7, 11) is 1.91. The number of rotatable bonds is 5. The SMILES string of the molecule is CCOC(=O)C1C=C(c2ccccc2F)C(c2ccc(-c3ccccc3)cc2)CCN1C. The third-order valence-corrected chi connectivity index (χ3v) is 6.09. The van der Waals surface area contributed by atoms with Crippen molar-refractivity contribution in [2.24, 2.45) is 0 Å². The average Bonchev–Trinajstić information content (AvgIpc) is 2.99. The van der Waals surface area contributed by atoms with Gasteiger partial charge in [-0.3, -0.25) is 9.69 Å². The summed E-state index contributed by atoms with van der Waals surface area (Å²) in [4.78, 5) is 14.6. The molecule has 2 unspecified atom stereocenters. The second-order valence-electron chi connectivity index (χ2n) is 8.11. The molecule has 0 N–H and O–H groups in total. The molecule has 0 radical (unpaired) electrons. The van der Waals surface area contributed by atoms with Crippen LogP contribution in [0.2, 0.25) is 0 Å². The van der Waals surface area contributed by atoms with Crippen LogP contribution >= 0.6 is 0 Å². The van der Waals surface area contributed by atoms with E-state index in [1.165, 1.54) is 6.07 Å². The summed E-state index contributed by atoms with van der Waals surface area (Å²) < 4.78 is 20.2. The lowest BCUT2D eigenvalue weighted by atomic mass is 9.83. The van der Waals surface area contributed by atoms with Crippen LogP contribution in [-0.4, -0.2) is 37.1 Å². The lowest BCUT2D eigenvalue weighted by Crippen LogP contribution is -2.38. The number of carbonyl (C=O) groups is 1. The summed E-state index contributed by atoms with van der Waals surface area (Å²) in [6.45, 7) is 2.81. The van der Waals surface area contributed by atoms with E-state index in [4.69, 9.17) is 4.74 Å². The Balaban J connectivity index is 1.76. The number of esters is 1. The van der Waals surface area contributed by atoms with Crippen molar-refractivity contribution in [3.63, 3.8) is 0 Å². The lowest BCUT2D eigenvalue weighted by Gasteiger charge is -2.22. The van der Waals surface area contributed by atoms with Gasteiger partial charge < -0.3 is 4.74 Å². The molecule has 3 aromatic rings. The Morgan fingerprint density at radius 3 is 2.31 bits per heavy atom. The summed E-state index contributed by atoms with van der Waals surface area (Å²) in [6.07, 6.45) is 2.66. The molecule has 1 heterocycles. The highest BCUT2D eigenvalue weighted by Gasteiger charge is 2.31. The van der Waals surface area contributed by atoms with Crippen molar-refractivity contribution in [1.82, 2.24) is 4.90 Å². The van der Waals surface area contributed by atoms with Gasteiger partial charge in [0, 0.05) is 11.5 Å². The van der Waals surface area contributed by atoms with Crippen LogP contribution in [0.4, 0.5) is 4.39 Å². The quantitative estimate of drug-likeness (QED) is 0.471. The van der Waals surface area contributed by atoms with Gasteiger partial charge in [0.1, 0.15) is 11.9 Å². The number of ether oxygens (including phenoxy) is 1. The standard InChI is InChI=1S/C28H28FNO2/c1-3-32-28(31)27-19-25(24-11-7-8-12-26(24)29)23(17-18-30(27)2)22-15-13-21(14-16-22)20-9-5-4-6-10-20/h4-16,19,23,27H,3,17-18H2,1-2H3. The van der Waals surface area contributed by atoms with Gasteiger partial charge in [-0.1, -0.05) is 78.9 Å². The van der Waals surface area contributed by atoms with Crippen molar-refractivity contribution in [3.8, 4) is 11.1 Å². The zero-order chi connectivity index (χ0) is 22.5. The van der Waals surface area contributed by atoms with Gasteiger partial charge in [0.2, 0.25) is 0 Å². The first-order valence-corrected chi connectivity index (χ1v) is 11.1. The average molecular weight is 430 g/mol. The summed E-state index contributed by atoms with van der Waals surface area (Å²) >= 11 is 0. The maximum atomic E-state index is 14.9. The first kappa shape index (κ1) is 22.0. The number of nitrogens with zero attached hydrogens (tertiary/aromatic N) is 1. The van der Waals surface area contributed by atoms with E-state index in [1.807, 2.05) is 42.3 Å². The van der Waals surface area contributed by atoms with Gasteiger partial charge in [-0.15, -0.1) is 0 Å². The fourth-order valence-corrected chi connectivity index (χ4v) is 4.37. The minimum Gasteiger partial charge on any atom is -0.465 e. The molecule has 32 heavy (non-hydrogen) atoms. The second kappa shape index (κ2) is 9.92. The first-order chi connectivity index (χ1) is 15.6. The molecule has 0 saturated carbocycles. The number of allylic oxidation sites excluding steroid dienone is 1. The molecule has 0 aliphatic carbocycles. The minimum absolute atomic E-state index is 0.0291. The van der Waals surface area contributed by atoms with Crippen molar-refractivity contribution in [3.05, 3.63) is 102 Å². The van der Waals surface area contributed by atoms with E-state index >= 15 is 0 Å². The fourth-order valence-electron chi connectivity index (χ4n) is 4.37. The summed E-state index contributed by atoms with van der Waals surface area (Å²) in [5.41, 5.74) is 4.78. The predicted octanol–water partition coefficient (Wildman–Crippen LogP) is 5.93. The van der Waals surface area contributed by atoms with E-state index in [0.29, 0.717) is 18.7 Å². The van der Waals surface area contributed by atoms with E-state index in [0.717, 1.165) is 28.7 Å². The van der Waals surface area contributed by atoms with E-state index in [9.17, 15) is 9.18 Å². The Morgan fingerprint density at radius 2 is 1.62 bits per heavy atom.